The molecule has 0 radical (unpaired) electrons. The molecule has 1 heterocycles. The van der Waals surface area contributed by atoms with Crippen LogP contribution in [0.3, 0.4) is 0 Å². The van der Waals surface area contributed by atoms with Gasteiger partial charge in [0.05, 0.1) is 21.9 Å². The number of rotatable bonds is 5. The number of fused-ring (bicyclic) bond motifs is 1. The molecule has 3 aromatic rings. The fourth-order valence-electron chi connectivity index (χ4n) is 2.03. The highest BCUT2D eigenvalue weighted by Crippen LogP contribution is 2.24. The Bertz CT molecular complexity index is 987. The molecule has 23 heavy (non-hydrogen) atoms. The first kappa shape index (κ1) is 15.6. The lowest BCUT2D eigenvalue weighted by Crippen LogP contribution is -2.12. The zero-order chi connectivity index (χ0) is 16.4. The molecule has 1 aromatic heterocycles. The minimum Gasteiger partial charge on any atom is -0.494 e. The molecule has 0 saturated carbocycles. The van der Waals surface area contributed by atoms with Crippen LogP contribution < -0.4 is 14.4 Å². The molecule has 8 heteroatoms. The first-order chi connectivity index (χ1) is 11.0. The first-order valence-electron chi connectivity index (χ1n) is 6.77. The highest BCUT2D eigenvalue weighted by atomic mass is 32.2. The average molecular weight is 351 g/mol. The molecule has 6 nitrogen and oxygen atoms in total. The molecule has 0 saturated heterocycles. The van der Waals surface area contributed by atoms with Crippen molar-refractivity contribution in [3.8, 4) is 5.75 Å². The van der Waals surface area contributed by atoms with Crippen LogP contribution in [0.2, 0.25) is 0 Å². The molecular weight excluding hydrogens is 338 g/mol. The van der Waals surface area contributed by atoms with E-state index in [1.165, 1.54) is 12.1 Å². The second-order valence-corrected chi connectivity index (χ2v) is 7.29. The van der Waals surface area contributed by atoms with Crippen molar-refractivity contribution in [2.75, 3.05) is 11.3 Å². The number of ether oxygens (including phenoxy) is 1. The largest absolute Gasteiger partial charge is 0.494 e. The van der Waals surface area contributed by atoms with Gasteiger partial charge in [0.2, 0.25) is 0 Å². The quantitative estimate of drug-likeness (QED) is 0.763. The molecule has 3 rings (SSSR count). The van der Waals surface area contributed by atoms with Gasteiger partial charge < -0.3 is 9.15 Å². The Morgan fingerprint density at radius 2 is 1.91 bits per heavy atom. The summed E-state index contributed by atoms with van der Waals surface area (Å²) in [5, 5.41) is 0. The smallest absolute Gasteiger partial charge is 0.396 e. The van der Waals surface area contributed by atoms with Gasteiger partial charge in [-0.3, -0.25) is 4.72 Å². The summed E-state index contributed by atoms with van der Waals surface area (Å²) in [6.07, 6.45) is 0. The van der Waals surface area contributed by atoms with Crippen LogP contribution in [0.25, 0.3) is 10.3 Å². The van der Waals surface area contributed by atoms with E-state index in [1.54, 1.807) is 30.3 Å². The van der Waals surface area contributed by atoms with E-state index in [9.17, 15) is 13.2 Å². The molecule has 120 valence electrons. The van der Waals surface area contributed by atoms with Crippen molar-refractivity contribution in [2.24, 2.45) is 0 Å². The third-order valence-corrected chi connectivity index (χ3v) is 5.21. The van der Waals surface area contributed by atoms with Crippen LogP contribution in [0.5, 0.6) is 5.75 Å². The van der Waals surface area contributed by atoms with E-state index < -0.39 is 15.0 Å². The van der Waals surface area contributed by atoms with Gasteiger partial charge in [-0.15, -0.1) is 0 Å². The minimum absolute atomic E-state index is 0.126. The van der Waals surface area contributed by atoms with Gasteiger partial charge >= 0.3 is 4.94 Å². The first-order valence-corrected chi connectivity index (χ1v) is 9.07. The van der Waals surface area contributed by atoms with E-state index in [-0.39, 0.29) is 4.90 Å². The molecule has 2 aromatic carbocycles. The van der Waals surface area contributed by atoms with Crippen molar-refractivity contribution in [3.63, 3.8) is 0 Å². The van der Waals surface area contributed by atoms with Gasteiger partial charge in [0, 0.05) is 0 Å². The molecule has 0 unspecified atom stereocenters. The fourth-order valence-corrected chi connectivity index (χ4v) is 3.79. The van der Waals surface area contributed by atoms with Gasteiger partial charge in [-0.1, -0.05) is 11.3 Å². The lowest BCUT2D eigenvalue weighted by atomic mass is 10.3. The Morgan fingerprint density at radius 3 is 2.61 bits per heavy atom. The number of hydrogen-bond donors (Lipinski definition) is 1. The number of benzene rings is 2. The molecular formula is C15H13NO5S2. The van der Waals surface area contributed by atoms with Crippen molar-refractivity contribution in [1.29, 1.82) is 0 Å². The summed E-state index contributed by atoms with van der Waals surface area (Å²) in [6.45, 7) is 2.37. The maximum atomic E-state index is 12.4. The van der Waals surface area contributed by atoms with Gasteiger partial charge in [0.25, 0.3) is 10.0 Å². The zero-order valence-corrected chi connectivity index (χ0v) is 13.7. The lowest BCUT2D eigenvalue weighted by Gasteiger charge is -2.09. The monoisotopic (exact) mass is 351 g/mol. The number of nitrogens with one attached hydrogen (secondary N) is 1. The molecule has 0 aliphatic heterocycles. The van der Waals surface area contributed by atoms with E-state index in [0.29, 0.717) is 28.3 Å². The third kappa shape index (κ3) is 3.38. The zero-order valence-electron chi connectivity index (χ0n) is 12.1. The Hall–Kier alpha value is -2.32. The maximum absolute atomic E-state index is 12.4. The summed E-state index contributed by atoms with van der Waals surface area (Å²) in [4.78, 5) is 10.9. The number of sulfonamides is 1. The summed E-state index contributed by atoms with van der Waals surface area (Å²) < 4.78 is 38.1. The molecule has 0 atom stereocenters. The topological polar surface area (TPSA) is 85.6 Å². The van der Waals surface area contributed by atoms with Crippen LogP contribution in [0, 0.1) is 0 Å². The SMILES string of the molecule is CCOc1ccc(S(=O)(=O)Nc2ccc3oc(=O)sc3c2)cc1. The number of hydrogen-bond acceptors (Lipinski definition) is 6. The second kappa shape index (κ2) is 6.05. The Labute approximate surface area is 136 Å². The van der Waals surface area contributed by atoms with Gasteiger partial charge in [-0.25, -0.2) is 13.2 Å². The second-order valence-electron chi connectivity index (χ2n) is 4.63. The summed E-state index contributed by atoms with van der Waals surface area (Å²) in [7, 11) is -3.72. The van der Waals surface area contributed by atoms with Crippen LogP contribution >= 0.6 is 11.3 Å². The molecule has 0 spiro atoms. The molecule has 0 bridgehead atoms. The van der Waals surface area contributed by atoms with E-state index in [4.69, 9.17) is 9.15 Å². The molecule has 0 aliphatic rings. The minimum atomic E-state index is -3.72. The van der Waals surface area contributed by atoms with E-state index >= 15 is 0 Å². The summed E-state index contributed by atoms with van der Waals surface area (Å²) >= 11 is 0.922. The predicted molar refractivity (Wildman–Crippen MR) is 88.8 cm³/mol. The highest BCUT2D eigenvalue weighted by Gasteiger charge is 2.15. The van der Waals surface area contributed by atoms with Gasteiger partial charge in [0.1, 0.15) is 11.3 Å². The van der Waals surface area contributed by atoms with Crippen molar-refractivity contribution in [1.82, 2.24) is 0 Å². The van der Waals surface area contributed by atoms with Crippen molar-refractivity contribution in [2.45, 2.75) is 11.8 Å². The van der Waals surface area contributed by atoms with Crippen molar-refractivity contribution >= 4 is 37.3 Å². The lowest BCUT2D eigenvalue weighted by molar-refractivity contribution is 0.340. The summed E-state index contributed by atoms with van der Waals surface area (Å²) in [5.74, 6) is 0.607. The molecule has 0 aliphatic carbocycles. The van der Waals surface area contributed by atoms with Gasteiger partial charge in [0.15, 0.2) is 0 Å². The van der Waals surface area contributed by atoms with Crippen LogP contribution in [-0.2, 0) is 10.0 Å². The van der Waals surface area contributed by atoms with Crippen molar-refractivity contribution < 1.29 is 17.6 Å². The predicted octanol–water partition coefficient (Wildman–Crippen LogP) is 3.05. The Kier molecular flexibility index (Phi) is 4.10. The van der Waals surface area contributed by atoms with Crippen LogP contribution in [-0.4, -0.2) is 15.0 Å². The van der Waals surface area contributed by atoms with Gasteiger partial charge in [-0.2, -0.15) is 0 Å². The Balaban J connectivity index is 1.87. The Morgan fingerprint density at radius 1 is 1.17 bits per heavy atom. The van der Waals surface area contributed by atoms with E-state index in [2.05, 4.69) is 4.72 Å². The molecule has 0 fully saturated rings. The van der Waals surface area contributed by atoms with E-state index in [1.807, 2.05) is 6.92 Å². The molecule has 0 amide bonds. The van der Waals surface area contributed by atoms with E-state index in [0.717, 1.165) is 11.3 Å². The normalized spacial score (nSPS) is 11.5. The third-order valence-electron chi connectivity index (χ3n) is 3.03. The average Bonchev–Trinajstić information content (AvgIpc) is 2.87. The van der Waals surface area contributed by atoms with Crippen molar-refractivity contribution in [3.05, 3.63) is 52.2 Å². The number of anilines is 1. The van der Waals surface area contributed by atoms with Crippen LogP contribution in [0.4, 0.5) is 5.69 Å². The van der Waals surface area contributed by atoms with Gasteiger partial charge in [-0.05, 0) is 49.4 Å². The van der Waals surface area contributed by atoms with Crippen LogP contribution in [0.15, 0.2) is 56.6 Å². The standard InChI is InChI=1S/C15H13NO5S2/c1-2-20-11-4-6-12(7-5-11)23(18,19)16-10-3-8-13-14(9-10)22-15(17)21-13/h3-9,16H,2H2,1H3. The summed E-state index contributed by atoms with van der Waals surface area (Å²) in [6, 6.07) is 10.8. The molecule has 1 N–H and O–H groups in total. The highest BCUT2D eigenvalue weighted by molar-refractivity contribution is 7.92. The van der Waals surface area contributed by atoms with Crippen LogP contribution in [0.1, 0.15) is 6.92 Å². The fraction of sp³-hybridized carbons (Fsp3) is 0.133. The maximum Gasteiger partial charge on any atom is 0.396 e. The summed E-state index contributed by atoms with van der Waals surface area (Å²) in [5.41, 5.74) is 0.799.